The van der Waals surface area contributed by atoms with Crippen molar-refractivity contribution in [3.8, 4) is 0 Å². The van der Waals surface area contributed by atoms with E-state index in [1.54, 1.807) is 0 Å². The Morgan fingerprint density at radius 2 is 2.00 bits per heavy atom. The lowest BCUT2D eigenvalue weighted by atomic mass is 10.5. The van der Waals surface area contributed by atoms with Gasteiger partial charge >= 0.3 is 0 Å². The second-order valence-corrected chi connectivity index (χ2v) is 2.29. The average molecular weight is 165 g/mol. The summed E-state index contributed by atoms with van der Waals surface area (Å²) in [4.78, 5) is 11.5. The van der Waals surface area contributed by atoms with E-state index in [0.29, 0.717) is 11.2 Å². The van der Waals surface area contributed by atoms with Crippen LogP contribution in [0.5, 0.6) is 0 Å². The number of hydrogen-bond donors (Lipinski definition) is 3. The smallest absolute Gasteiger partial charge is 0.224 e. The van der Waals surface area contributed by atoms with Crippen molar-refractivity contribution >= 4 is 22.9 Å². The summed E-state index contributed by atoms with van der Waals surface area (Å²) in [6.45, 7) is 0. The van der Waals surface area contributed by atoms with Crippen LogP contribution in [-0.2, 0) is 0 Å². The van der Waals surface area contributed by atoms with Crippen molar-refractivity contribution in [2.45, 2.75) is 0 Å². The van der Waals surface area contributed by atoms with Crippen molar-refractivity contribution < 1.29 is 0 Å². The molecule has 12 heavy (non-hydrogen) atoms. The van der Waals surface area contributed by atoms with Crippen LogP contribution in [0.25, 0.3) is 11.2 Å². The van der Waals surface area contributed by atoms with Crippen LogP contribution in [0.3, 0.4) is 0 Å². The fourth-order valence-electron chi connectivity index (χ4n) is 0.956. The largest absolute Gasteiger partial charge is 0.382 e. The monoisotopic (exact) mass is 165 g/mol. The van der Waals surface area contributed by atoms with Gasteiger partial charge in [-0.05, 0) is 0 Å². The second kappa shape index (κ2) is 1.97. The molecule has 0 aliphatic heterocycles. The summed E-state index contributed by atoms with van der Waals surface area (Å²) < 4.78 is 1.24. The normalized spacial score (nSPS) is 10.7. The van der Waals surface area contributed by atoms with E-state index in [4.69, 9.17) is 17.3 Å². The van der Waals surface area contributed by atoms with Gasteiger partial charge in [0.25, 0.3) is 0 Å². The van der Waals surface area contributed by atoms with E-state index in [0.717, 1.165) is 0 Å². The Bertz CT molecular complexity index is 431. The number of nitrogens with two attached hydrogens (primary N) is 3. The van der Waals surface area contributed by atoms with Crippen LogP contribution in [0.2, 0.25) is 0 Å². The van der Waals surface area contributed by atoms with Crippen molar-refractivity contribution in [3.05, 3.63) is 6.33 Å². The Kier molecular flexibility index (Phi) is 1.09. The molecule has 0 atom stereocenters. The second-order valence-electron chi connectivity index (χ2n) is 2.29. The summed E-state index contributed by atoms with van der Waals surface area (Å²) in [7, 11) is 0. The lowest BCUT2D eigenvalue weighted by Gasteiger charge is -1.96. The lowest BCUT2D eigenvalue weighted by molar-refractivity contribution is 1.01. The minimum absolute atomic E-state index is 0.0900. The molecule has 2 rings (SSSR count). The first kappa shape index (κ1) is 6.65. The van der Waals surface area contributed by atoms with Crippen LogP contribution in [0.1, 0.15) is 0 Å². The summed E-state index contributed by atoms with van der Waals surface area (Å²) in [5.41, 5.74) is 11.8. The number of nitrogens with zero attached hydrogens (tertiary/aromatic N) is 4. The Morgan fingerprint density at radius 1 is 1.25 bits per heavy atom. The maximum absolute atomic E-state index is 5.51. The standard InChI is InChI=1S/C5H7N7/c6-3-2-4(11-5(7)10-3)12(8)1-9-2/h1H,8H2,(H4,6,7,10,11). The molecule has 7 nitrogen and oxygen atoms in total. The first-order valence-corrected chi connectivity index (χ1v) is 3.19. The fraction of sp³-hybridized carbons (Fsp3) is 0. The van der Waals surface area contributed by atoms with Gasteiger partial charge in [0.1, 0.15) is 6.33 Å². The molecule has 7 heteroatoms. The molecule has 0 aliphatic rings. The van der Waals surface area contributed by atoms with Crippen molar-refractivity contribution in [1.82, 2.24) is 19.6 Å². The molecular formula is C5H7N7. The molecule has 0 spiro atoms. The number of imidazole rings is 1. The van der Waals surface area contributed by atoms with Gasteiger partial charge in [0.05, 0.1) is 0 Å². The van der Waals surface area contributed by atoms with E-state index in [2.05, 4.69) is 15.0 Å². The van der Waals surface area contributed by atoms with Gasteiger partial charge in [0, 0.05) is 0 Å². The SMILES string of the molecule is Nc1nc(N)c2ncn(N)c2n1. The van der Waals surface area contributed by atoms with E-state index in [1.807, 2.05) is 0 Å². The summed E-state index contributed by atoms with van der Waals surface area (Å²) in [5, 5.41) is 0. The minimum Gasteiger partial charge on any atom is -0.382 e. The quantitative estimate of drug-likeness (QED) is 0.417. The Balaban J connectivity index is 2.92. The summed E-state index contributed by atoms with van der Waals surface area (Å²) >= 11 is 0. The highest BCUT2D eigenvalue weighted by molar-refractivity contribution is 5.82. The molecule has 0 amide bonds. The molecule has 0 saturated heterocycles. The third-order valence-electron chi connectivity index (χ3n) is 1.47. The molecule has 0 bridgehead atoms. The number of hydrogen-bond acceptors (Lipinski definition) is 6. The highest BCUT2D eigenvalue weighted by Crippen LogP contribution is 2.14. The Hall–Kier alpha value is -2.05. The van der Waals surface area contributed by atoms with Crippen molar-refractivity contribution in [1.29, 1.82) is 0 Å². The maximum atomic E-state index is 5.51. The van der Waals surface area contributed by atoms with E-state index in [9.17, 15) is 0 Å². The Morgan fingerprint density at radius 3 is 2.75 bits per heavy atom. The average Bonchev–Trinajstić information content (AvgIpc) is 2.33. The fourth-order valence-corrected chi connectivity index (χ4v) is 0.956. The van der Waals surface area contributed by atoms with Crippen LogP contribution in [0.4, 0.5) is 11.8 Å². The van der Waals surface area contributed by atoms with Gasteiger partial charge in [-0.15, -0.1) is 0 Å². The molecule has 0 unspecified atom stereocenters. The first-order valence-electron chi connectivity index (χ1n) is 3.19. The molecule has 2 aromatic rings. The van der Waals surface area contributed by atoms with Crippen LogP contribution in [0.15, 0.2) is 6.33 Å². The zero-order chi connectivity index (χ0) is 8.72. The van der Waals surface area contributed by atoms with Gasteiger partial charge in [-0.1, -0.05) is 0 Å². The molecule has 6 N–H and O–H groups in total. The molecule has 2 heterocycles. The predicted molar refractivity (Wildman–Crippen MR) is 44.3 cm³/mol. The van der Waals surface area contributed by atoms with Crippen LogP contribution in [0, 0.1) is 0 Å². The maximum Gasteiger partial charge on any atom is 0.224 e. The molecule has 0 aliphatic carbocycles. The van der Waals surface area contributed by atoms with Crippen LogP contribution < -0.4 is 17.3 Å². The molecule has 2 aromatic heterocycles. The van der Waals surface area contributed by atoms with Gasteiger partial charge in [-0.2, -0.15) is 9.97 Å². The van der Waals surface area contributed by atoms with Gasteiger partial charge in [-0.25, -0.2) is 9.66 Å². The zero-order valence-corrected chi connectivity index (χ0v) is 6.10. The highest BCUT2D eigenvalue weighted by Gasteiger charge is 2.07. The van der Waals surface area contributed by atoms with E-state index >= 15 is 0 Å². The molecule has 0 radical (unpaired) electrons. The minimum atomic E-state index is 0.0900. The highest BCUT2D eigenvalue weighted by atomic mass is 15.3. The molecule has 0 fully saturated rings. The summed E-state index contributed by atoms with van der Waals surface area (Å²) in [6.07, 6.45) is 1.40. The van der Waals surface area contributed by atoms with Crippen molar-refractivity contribution in [3.63, 3.8) is 0 Å². The third kappa shape index (κ3) is 0.729. The van der Waals surface area contributed by atoms with E-state index in [1.165, 1.54) is 11.0 Å². The molecule has 0 aromatic carbocycles. The van der Waals surface area contributed by atoms with Gasteiger partial charge in [-0.3, -0.25) is 0 Å². The number of aromatic nitrogens is 4. The molecular weight excluding hydrogens is 158 g/mol. The van der Waals surface area contributed by atoms with E-state index in [-0.39, 0.29) is 11.8 Å². The van der Waals surface area contributed by atoms with Crippen molar-refractivity contribution in [2.24, 2.45) is 0 Å². The van der Waals surface area contributed by atoms with E-state index < -0.39 is 0 Å². The Labute approximate surface area is 67.2 Å². The number of anilines is 2. The number of fused-ring (bicyclic) bond motifs is 1. The number of rotatable bonds is 0. The molecule has 0 saturated carbocycles. The lowest BCUT2D eigenvalue weighted by Crippen LogP contribution is -2.08. The summed E-state index contributed by atoms with van der Waals surface area (Å²) in [5.74, 6) is 5.79. The summed E-state index contributed by atoms with van der Waals surface area (Å²) in [6, 6.07) is 0. The topological polar surface area (TPSA) is 122 Å². The third-order valence-corrected chi connectivity index (χ3v) is 1.47. The van der Waals surface area contributed by atoms with Gasteiger partial charge < -0.3 is 17.3 Å². The number of nitrogen functional groups attached to an aromatic ring is 3. The van der Waals surface area contributed by atoms with Gasteiger partial charge in [0.15, 0.2) is 17.0 Å². The van der Waals surface area contributed by atoms with Crippen molar-refractivity contribution in [2.75, 3.05) is 17.3 Å². The first-order chi connectivity index (χ1) is 5.68. The zero-order valence-electron chi connectivity index (χ0n) is 6.10. The van der Waals surface area contributed by atoms with Gasteiger partial charge in [0.2, 0.25) is 5.95 Å². The predicted octanol–water partition coefficient (Wildman–Crippen LogP) is -1.30. The van der Waals surface area contributed by atoms with Crippen LogP contribution in [-0.4, -0.2) is 19.6 Å². The van der Waals surface area contributed by atoms with Crippen LogP contribution >= 0.6 is 0 Å². The molecule has 62 valence electrons.